The summed E-state index contributed by atoms with van der Waals surface area (Å²) in [6.45, 7) is 2.06. The Hall–Kier alpha value is -2.67. The van der Waals surface area contributed by atoms with Gasteiger partial charge in [-0.15, -0.1) is 0 Å². The number of nitrogens with zero attached hydrogens (tertiary/aromatic N) is 5. The van der Waals surface area contributed by atoms with E-state index in [0.717, 1.165) is 30.1 Å². The molecule has 3 aromatic heterocycles. The SMILES string of the molecule is CNC1CN(c2ccn3c(-c4cc(N)ncn4)cnc3c2)C1. The maximum atomic E-state index is 5.73. The second-order valence-corrected chi connectivity index (χ2v) is 5.48. The molecule has 0 radical (unpaired) electrons. The van der Waals surface area contributed by atoms with Crippen molar-refractivity contribution in [2.24, 2.45) is 0 Å². The van der Waals surface area contributed by atoms with Gasteiger partial charge in [-0.2, -0.15) is 0 Å². The molecule has 7 nitrogen and oxygen atoms in total. The Morgan fingerprint density at radius 2 is 2.09 bits per heavy atom. The van der Waals surface area contributed by atoms with E-state index in [1.165, 1.54) is 12.0 Å². The van der Waals surface area contributed by atoms with Gasteiger partial charge in [0.2, 0.25) is 0 Å². The summed E-state index contributed by atoms with van der Waals surface area (Å²) >= 11 is 0. The second-order valence-electron chi connectivity index (χ2n) is 5.48. The van der Waals surface area contributed by atoms with Crippen molar-refractivity contribution in [2.45, 2.75) is 6.04 Å². The van der Waals surface area contributed by atoms with Crippen molar-refractivity contribution in [1.82, 2.24) is 24.7 Å². The highest BCUT2D eigenvalue weighted by Crippen LogP contribution is 2.25. The Balaban J connectivity index is 1.69. The minimum Gasteiger partial charge on any atom is -0.384 e. The maximum absolute atomic E-state index is 5.73. The van der Waals surface area contributed by atoms with Crippen molar-refractivity contribution in [1.29, 1.82) is 0 Å². The summed E-state index contributed by atoms with van der Waals surface area (Å²) in [4.78, 5) is 15.0. The molecule has 0 spiro atoms. The van der Waals surface area contributed by atoms with Gasteiger partial charge in [-0.3, -0.25) is 4.40 Å². The van der Waals surface area contributed by atoms with Gasteiger partial charge in [-0.25, -0.2) is 15.0 Å². The third-order valence-electron chi connectivity index (χ3n) is 4.10. The molecule has 0 saturated carbocycles. The number of pyridine rings is 1. The van der Waals surface area contributed by atoms with Crippen LogP contribution in [0.1, 0.15) is 0 Å². The lowest BCUT2D eigenvalue weighted by atomic mass is 10.1. The highest BCUT2D eigenvalue weighted by molar-refractivity contribution is 5.65. The molecule has 22 heavy (non-hydrogen) atoms. The molecule has 1 fully saturated rings. The Morgan fingerprint density at radius 1 is 1.23 bits per heavy atom. The van der Waals surface area contributed by atoms with E-state index in [0.29, 0.717) is 11.9 Å². The Bertz CT molecular complexity index is 820. The van der Waals surface area contributed by atoms with Gasteiger partial charge in [-0.1, -0.05) is 0 Å². The van der Waals surface area contributed by atoms with Crippen molar-refractivity contribution in [2.75, 3.05) is 30.8 Å². The van der Waals surface area contributed by atoms with E-state index in [1.807, 2.05) is 23.8 Å². The van der Waals surface area contributed by atoms with Gasteiger partial charge in [0, 0.05) is 43.1 Å². The van der Waals surface area contributed by atoms with E-state index in [1.54, 1.807) is 6.07 Å². The van der Waals surface area contributed by atoms with E-state index in [9.17, 15) is 0 Å². The van der Waals surface area contributed by atoms with E-state index in [-0.39, 0.29) is 0 Å². The summed E-state index contributed by atoms with van der Waals surface area (Å²) in [5, 5.41) is 3.28. The average molecular weight is 295 g/mol. The van der Waals surface area contributed by atoms with Crippen LogP contribution in [0.2, 0.25) is 0 Å². The quantitative estimate of drug-likeness (QED) is 0.743. The lowest BCUT2D eigenvalue weighted by Crippen LogP contribution is -2.57. The average Bonchev–Trinajstić information content (AvgIpc) is 2.89. The first-order valence-electron chi connectivity index (χ1n) is 7.22. The molecular weight excluding hydrogens is 278 g/mol. The first-order valence-corrected chi connectivity index (χ1v) is 7.22. The normalized spacial score (nSPS) is 15.2. The first-order chi connectivity index (χ1) is 10.7. The minimum absolute atomic E-state index is 0.454. The molecule has 0 aliphatic carbocycles. The lowest BCUT2D eigenvalue weighted by molar-refractivity contribution is 0.450. The smallest absolute Gasteiger partial charge is 0.139 e. The fourth-order valence-corrected chi connectivity index (χ4v) is 2.74. The molecule has 0 atom stereocenters. The fourth-order valence-electron chi connectivity index (χ4n) is 2.74. The van der Waals surface area contributed by atoms with E-state index in [2.05, 4.69) is 37.3 Å². The summed E-state index contributed by atoms with van der Waals surface area (Å²) in [7, 11) is 2.00. The first kappa shape index (κ1) is 13.0. The molecule has 3 aromatic rings. The van der Waals surface area contributed by atoms with Gasteiger partial charge in [0.05, 0.1) is 17.6 Å². The maximum Gasteiger partial charge on any atom is 0.139 e. The van der Waals surface area contributed by atoms with Gasteiger partial charge in [0.1, 0.15) is 17.8 Å². The topological polar surface area (TPSA) is 84.4 Å². The van der Waals surface area contributed by atoms with Crippen LogP contribution in [-0.2, 0) is 0 Å². The molecule has 0 unspecified atom stereocenters. The molecule has 0 aromatic carbocycles. The molecule has 1 aliphatic rings. The van der Waals surface area contributed by atoms with Crippen LogP contribution in [0.25, 0.3) is 17.0 Å². The van der Waals surface area contributed by atoms with Crippen LogP contribution >= 0.6 is 0 Å². The van der Waals surface area contributed by atoms with Crippen LogP contribution in [0.3, 0.4) is 0 Å². The van der Waals surface area contributed by atoms with Gasteiger partial charge < -0.3 is 16.0 Å². The number of imidazole rings is 1. The molecule has 3 N–H and O–H groups in total. The summed E-state index contributed by atoms with van der Waals surface area (Å²) < 4.78 is 2.01. The number of nitrogens with one attached hydrogen (secondary N) is 1. The molecule has 4 heterocycles. The summed E-state index contributed by atoms with van der Waals surface area (Å²) in [5.41, 5.74) is 9.50. The number of anilines is 2. The van der Waals surface area contributed by atoms with E-state index in [4.69, 9.17) is 5.73 Å². The van der Waals surface area contributed by atoms with E-state index >= 15 is 0 Å². The summed E-state index contributed by atoms with van der Waals surface area (Å²) in [5.74, 6) is 0.454. The second kappa shape index (κ2) is 4.96. The highest BCUT2D eigenvalue weighted by atomic mass is 15.2. The number of hydrogen-bond donors (Lipinski definition) is 2. The van der Waals surface area contributed by atoms with Crippen LogP contribution in [-0.4, -0.2) is 45.5 Å². The van der Waals surface area contributed by atoms with Gasteiger partial charge in [0.25, 0.3) is 0 Å². The van der Waals surface area contributed by atoms with E-state index < -0.39 is 0 Å². The predicted octanol–water partition coefficient (Wildman–Crippen LogP) is 0.781. The number of nitrogens with two attached hydrogens (primary N) is 1. The molecule has 0 bridgehead atoms. The lowest BCUT2D eigenvalue weighted by Gasteiger charge is -2.40. The van der Waals surface area contributed by atoms with Gasteiger partial charge in [-0.05, 0) is 13.1 Å². The zero-order valence-electron chi connectivity index (χ0n) is 12.3. The predicted molar refractivity (Wildman–Crippen MR) is 85.7 cm³/mol. The molecule has 7 heteroatoms. The number of hydrogen-bond acceptors (Lipinski definition) is 6. The molecule has 112 valence electrons. The Labute approximate surface area is 127 Å². The number of fused-ring (bicyclic) bond motifs is 1. The van der Waals surface area contributed by atoms with Crippen molar-refractivity contribution in [3.05, 3.63) is 36.9 Å². The van der Waals surface area contributed by atoms with Crippen LogP contribution in [0.5, 0.6) is 0 Å². The summed E-state index contributed by atoms with van der Waals surface area (Å²) in [6, 6.07) is 6.54. The Kier molecular flexibility index (Phi) is 2.93. The van der Waals surface area contributed by atoms with Crippen LogP contribution in [0, 0.1) is 0 Å². The van der Waals surface area contributed by atoms with Gasteiger partial charge in [0.15, 0.2) is 0 Å². The number of nitrogen functional groups attached to an aromatic ring is 1. The number of aromatic nitrogens is 4. The molecule has 1 saturated heterocycles. The molecular formula is C15H17N7. The zero-order valence-corrected chi connectivity index (χ0v) is 12.3. The zero-order chi connectivity index (χ0) is 15.1. The third kappa shape index (κ3) is 2.06. The standard InChI is InChI=1S/C15H17N7/c1-17-10-7-21(8-10)11-2-3-22-13(6-18-15(22)4-11)12-5-14(16)20-9-19-12/h2-6,9-10,17H,7-8H2,1H3,(H2,16,19,20). The highest BCUT2D eigenvalue weighted by Gasteiger charge is 2.25. The molecule has 1 aliphatic heterocycles. The van der Waals surface area contributed by atoms with Crippen LogP contribution in [0.15, 0.2) is 36.9 Å². The molecule has 4 rings (SSSR count). The van der Waals surface area contributed by atoms with Crippen molar-refractivity contribution in [3.63, 3.8) is 0 Å². The Morgan fingerprint density at radius 3 is 2.86 bits per heavy atom. The van der Waals surface area contributed by atoms with Crippen molar-refractivity contribution in [3.8, 4) is 11.4 Å². The number of likely N-dealkylation sites (N-methyl/N-ethyl adjacent to an activating group) is 1. The van der Waals surface area contributed by atoms with Crippen LogP contribution in [0.4, 0.5) is 11.5 Å². The van der Waals surface area contributed by atoms with Gasteiger partial charge >= 0.3 is 0 Å². The minimum atomic E-state index is 0.454. The molecule has 0 amide bonds. The fraction of sp³-hybridized carbons (Fsp3) is 0.267. The van der Waals surface area contributed by atoms with Crippen molar-refractivity contribution >= 4 is 17.2 Å². The van der Waals surface area contributed by atoms with Crippen LogP contribution < -0.4 is 16.0 Å². The third-order valence-corrected chi connectivity index (χ3v) is 4.10. The number of rotatable bonds is 3. The largest absolute Gasteiger partial charge is 0.384 e. The summed E-state index contributed by atoms with van der Waals surface area (Å²) in [6.07, 6.45) is 5.31. The monoisotopic (exact) mass is 295 g/mol. The van der Waals surface area contributed by atoms with Crippen molar-refractivity contribution < 1.29 is 0 Å².